The standard InChI is InChI=1S/C30H55NOSi.HI/c1-5-6-7-8-9-10-11-12-13-14-15-16-17-18-23-30(32-33(3)4)27-31(2)25-24-28-21-19-20-22-29(28)26-31;/h19-22,30H,5-18,23-27H2,1-4H3;1H/q+1;/p-1. The number of nitrogens with zero attached hydrogens (tertiary/aromatic N) is 1. The van der Waals surface area contributed by atoms with Crippen LogP contribution in [0.3, 0.4) is 0 Å². The summed E-state index contributed by atoms with van der Waals surface area (Å²) in [6.45, 7) is 10.5. The van der Waals surface area contributed by atoms with Gasteiger partial charge in [-0.2, -0.15) is 0 Å². The maximum Gasteiger partial charge on any atom is 0.205 e. The number of quaternary nitrogens is 1. The highest BCUT2D eigenvalue weighted by atomic mass is 127. The van der Waals surface area contributed by atoms with E-state index in [9.17, 15) is 0 Å². The Bertz CT molecular complexity index is 626. The molecular weight excluding hydrogens is 545 g/mol. The molecule has 0 saturated carbocycles. The fourth-order valence-corrected chi connectivity index (χ4v) is 6.43. The number of halogens is 1. The highest BCUT2D eigenvalue weighted by molar-refractivity contribution is 6.48. The van der Waals surface area contributed by atoms with Gasteiger partial charge in [0.15, 0.2) is 0 Å². The van der Waals surface area contributed by atoms with E-state index in [2.05, 4.69) is 51.3 Å². The van der Waals surface area contributed by atoms with Crippen molar-refractivity contribution in [2.45, 2.75) is 135 Å². The summed E-state index contributed by atoms with van der Waals surface area (Å²) in [6, 6.07) is 9.05. The van der Waals surface area contributed by atoms with Gasteiger partial charge in [0.2, 0.25) is 9.04 Å². The molecule has 2 unspecified atom stereocenters. The third-order valence-electron chi connectivity index (χ3n) is 7.52. The van der Waals surface area contributed by atoms with Crippen molar-refractivity contribution in [1.82, 2.24) is 0 Å². The Labute approximate surface area is 232 Å². The Morgan fingerprint density at radius 3 is 1.82 bits per heavy atom. The topological polar surface area (TPSA) is 9.23 Å². The van der Waals surface area contributed by atoms with Gasteiger partial charge in [0.25, 0.3) is 0 Å². The molecule has 2 nitrogen and oxygen atoms in total. The molecule has 0 bridgehead atoms. The minimum absolute atomic E-state index is 0. The van der Waals surface area contributed by atoms with Crippen LogP contribution in [0.15, 0.2) is 24.3 Å². The normalized spacial score (nSPS) is 18.5. The Morgan fingerprint density at radius 2 is 1.29 bits per heavy atom. The highest BCUT2D eigenvalue weighted by Gasteiger charge is 2.31. The zero-order valence-electron chi connectivity index (χ0n) is 23.1. The van der Waals surface area contributed by atoms with Crippen molar-refractivity contribution in [3.8, 4) is 0 Å². The lowest BCUT2D eigenvalue weighted by molar-refractivity contribution is -0.927. The summed E-state index contributed by atoms with van der Waals surface area (Å²) in [5.74, 6) is 0. The first-order valence-corrected chi connectivity index (χ1v) is 16.8. The van der Waals surface area contributed by atoms with Crippen LogP contribution in [-0.2, 0) is 17.4 Å². The molecule has 197 valence electrons. The summed E-state index contributed by atoms with van der Waals surface area (Å²) >= 11 is 0. The van der Waals surface area contributed by atoms with Crippen LogP contribution in [-0.4, -0.2) is 39.8 Å². The van der Waals surface area contributed by atoms with Gasteiger partial charge < -0.3 is 32.9 Å². The Balaban J connectivity index is 0.00000578. The Hall–Kier alpha value is 0.0869. The number of unbranched alkanes of at least 4 members (excludes halogenated alkanes) is 13. The van der Waals surface area contributed by atoms with Crippen LogP contribution in [0.25, 0.3) is 0 Å². The quantitative estimate of drug-likeness (QED) is 0.0857. The van der Waals surface area contributed by atoms with Gasteiger partial charge in [0, 0.05) is 12.0 Å². The molecule has 0 saturated heterocycles. The molecule has 2 atom stereocenters. The fourth-order valence-electron chi connectivity index (χ4n) is 5.57. The minimum Gasteiger partial charge on any atom is -1.00 e. The van der Waals surface area contributed by atoms with E-state index >= 15 is 0 Å². The van der Waals surface area contributed by atoms with Gasteiger partial charge in [-0.05, 0) is 25.1 Å². The number of fused-ring (bicyclic) bond motifs is 1. The molecule has 1 heterocycles. The van der Waals surface area contributed by atoms with E-state index in [1.807, 2.05) is 0 Å². The van der Waals surface area contributed by atoms with Crippen molar-refractivity contribution in [3.63, 3.8) is 0 Å². The van der Waals surface area contributed by atoms with E-state index < -0.39 is 9.04 Å². The first-order chi connectivity index (χ1) is 16.0. The Morgan fingerprint density at radius 1 is 0.794 bits per heavy atom. The van der Waals surface area contributed by atoms with Crippen LogP contribution in [0.1, 0.15) is 114 Å². The van der Waals surface area contributed by atoms with Crippen LogP contribution in [0.4, 0.5) is 0 Å². The van der Waals surface area contributed by atoms with E-state index in [0.717, 1.165) is 4.48 Å². The summed E-state index contributed by atoms with van der Waals surface area (Å²) in [5, 5.41) is 0. The number of hydrogen-bond donors (Lipinski definition) is 0. The summed E-state index contributed by atoms with van der Waals surface area (Å²) in [5.41, 5.74) is 3.12. The molecule has 1 aliphatic heterocycles. The van der Waals surface area contributed by atoms with Crippen molar-refractivity contribution in [3.05, 3.63) is 35.4 Å². The smallest absolute Gasteiger partial charge is 0.205 e. The Kier molecular flexibility index (Phi) is 18.2. The van der Waals surface area contributed by atoms with Crippen LogP contribution < -0.4 is 24.0 Å². The molecule has 2 rings (SSSR count). The van der Waals surface area contributed by atoms with E-state index in [4.69, 9.17) is 4.43 Å². The molecule has 1 radical (unpaired) electrons. The largest absolute Gasteiger partial charge is 1.00 e. The maximum atomic E-state index is 6.51. The van der Waals surface area contributed by atoms with Crippen LogP contribution >= 0.6 is 0 Å². The van der Waals surface area contributed by atoms with Crippen LogP contribution in [0.2, 0.25) is 13.1 Å². The SMILES string of the molecule is CCCCCCCCCCCCCCCCC(C[N+]1(C)CCc2ccccc2C1)O[Si](C)C.[I-]. The molecule has 0 amide bonds. The van der Waals surface area contributed by atoms with E-state index in [0.29, 0.717) is 6.10 Å². The van der Waals surface area contributed by atoms with E-state index in [-0.39, 0.29) is 24.0 Å². The van der Waals surface area contributed by atoms with Crippen molar-refractivity contribution in [2.24, 2.45) is 0 Å². The molecular formula is C30H55INOSi. The molecule has 1 aliphatic rings. The predicted molar refractivity (Wildman–Crippen MR) is 147 cm³/mol. The highest BCUT2D eigenvalue weighted by Crippen LogP contribution is 2.25. The maximum absolute atomic E-state index is 6.51. The molecule has 0 aromatic heterocycles. The number of likely N-dealkylation sites (N-methyl/N-ethyl adjacent to an activating group) is 1. The summed E-state index contributed by atoms with van der Waals surface area (Å²) in [4.78, 5) is 0. The summed E-state index contributed by atoms with van der Waals surface area (Å²) < 4.78 is 7.65. The lowest BCUT2D eigenvalue weighted by Gasteiger charge is -2.41. The van der Waals surface area contributed by atoms with Gasteiger partial charge in [-0.3, -0.25) is 0 Å². The van der Waals surface area contributed by atoms with Crippen molar-refractivity contribution in [1.29, 1.82) is 0 Å². The van der Waals surface area contributed by atoms with Gasteiger partial charge in [0.1, 0.15) is 13.1 Å². The van der Waals surface area contributed by atoms with Gasteiger partial charge in [0.05, 0.1) is 19.7 Å². The number of benzene rings is 1. The second-order valence-corrected chi connectivity index (χ2v) is 13.3. The number of rotatable bonds is 19. The van der Waals surface area contributed by atoms with Crippen molar-refractivity contribution >= 4 is 9.04 Å². The first kappa shape index (κ1) is 32.1. The van der Waals surface area contributed by atoms with Crippen LogP contribution in [0.5, 0.6) is 0 Å². The molecule has 1 aromatic carbocycles. The predicted octanol–water partition coefficient (Wildman–Crippen LogP) is 5.70. The molecule has 0 N–H and O–H groups in total. The second kappa shape index (κ2) is 19.2. The molecule has 0 spiro atoms. The van der Waals surface area contributed by atoms with Gasteiger partial charge >= 0.3 is 0 Å². The average Bonchev–Trinajstić information content (AvgIpc) is 2.78. The average molecular weight is 601 g/mol. The molecule has 4 heteroatoms. The first-order valence-electron chi connectivity index (χ1n) is 14.4. The van der Waals surface area contributed by atoms with Gasteiger partial charge in [-0.15, -0.1) is 0 Å². The molecule has 0 fully saturated rings. The lowest BCUT2D eigenvalue weighted by Crippen LogP contribution is -3.00. The summed E-state index contributed by atoms with van der Waals surface area (Å²) in [7, 11) is 1.81. The monoisotopic (exact) mass is 600 g/mol. The summed E-state index contributed by atoms with van der Waals surface area (Å²) in [6.07, 6.45) is 22.9. The molecule has 34 heavy (non-hydrogen) atoms. The van der Waals surface area contributed by atoms with Gasteiger partial charge in [-0.25, -0.2) is 0 Å². The molecule has 1 aromatic rings. The minimum atomic E-state index is -0.648. The van der Waals surface area contributed by atoms with E-state index in [1.165, 1.54) is 122 Å². The van der Waals surface area contributed by atoms with Crippen molar-refractivity contribution < 1.29 is 32.9 Å². The fraction of sp³-hybridized carbons (Fsp3) is 0.800. The molecule has 0 aliphatic carbocycles. The third kappa shape index (κ3) is 14.0. The van der Waals surface area contributed by atoms with Crippen molar-refractivity contribution in [2.75, 3.05) is 20.1 Å². The second-order valence-electron chi connectivity index (χ2n) is 11.2. The zero-order valence-corrected chi connectivity index (χ0v) is 26.2. The third-order valence-corrected chi connectivity index (χ3v) is 8.32. The van der Waals surface area contributed by atoms with Crippen LogP contribution in [0, 0.1) is 0 Å². The lowest BCUT2D eigenvalue weighted by atomic mass is 9.97. The van der Waals surface area contributed by atoms with Gasteiger partial charge in [-0.1, -0.05) is 121 Å². The number of hydrogen-bond acceptors (Lipinski definition) is 1. The van der Waals surface area contributed by atoms with E-state index in [1.54, 1.807) is 11.1 Å². The zero-order chi connectivity index (χ0) is 23.8.